The summed E-state index contributed by atoms with van der Waals surface area (Å²) in [7, 11) is 1.62. The standard InChI is InChI=1S/C18H21F3N4O2/c1-23(8-4-7-22)16(26)13-24-9-11-25(12-10-24)17(27)14-5-2-3-6-15(14)18(19,20)21/h2-3,5-6H,4,8-13H2,1H3. The summed E-state index contributed by atoms with van der Waals surface area (Å²) in [4.78, 5) is 29.3. The zero-order chi connectivity index (χ0) is 20.0. The van der Waals surface area contributed by atoms with Gasteiger partial charge in [0.15, 0.2) is 0 Å². The first kappa shape index (κ1) is 20.7. The molecule has 0 unspecified atom stereocenters. The number of carbonyl (C=O) groups excluding carboxylic acids is 2. The lowest BCUT2D eigenvalue weighted by Gasteiger charge is -2.35. The summed E-state index contributed by atoms with van der Waals surface area (Å²) in [6.45, 7) is 1.81. The van der Waals surface area contributed by atoms with Gasteiger partial charge in [0, 0.05) is 39.8 Å². The monoisotopic (exact) mass is 382 g/mol. The predicted molar refractivity (Wildman–Crippen MR) is 91.7 cm³/mol. The first-order valence-electron chi connectivity index (χ1n) is 8.53. The van der Waals surface area contributed by atoms with E-state index in [1.54, 1.807) is 7.05 Å². The van der Waals surface area contributed by atoms with E-state index < -0.39 is 17.6 Å². The molecule has 2 rings (SSSR count). The number of hydrogen-bond donors (Lipinski definition) is 0. The van der Waals surface area contributed by atoms with E-state index in [2.05, 4.69) is 0 Å². The number of carbonyl (C=O) groups is 2. The fraction of sp³-hybridized carbons (Fsp3) is 0.500. The Balaban J connectivity index is 1.94. The zero-order valence-corrected chi connectivity index (χ0v) is 15.0. The molecule has 9 heteroatoms. The molecule has 27 heavy (non-hydrogen) atoms. The molecule has 1 aliphatic rings. The highest BCUT2D eigenvalue weighted by atomic mass is 19.4. The number of halogens is 3. The Morgan fingerprint density at radius 3 is 2.41 bits per heavy atom. The molecule has 0 aromatic heterocycles. The van der Waals surface area contributed by atoms with Gasteiger partial charge >= 0.3 is 6.18 Å². The minimum atomic E-state index is -4.59. The molecule has 1 heterocycles. The number of hydrogen-bond acceptors (Lipinski definition) is 4. The molecule has 2 amide bonds. The van der Waals surface area contributed by atoms with Crippen LogP contribution < -0.4 is 0 Å². The summed E-state index contributed by atoms with van der Waals surface area (Å²) in [6, 6.07) is 6.73. The van der Waals surface area contributed by atoms with E-state index in [1.165, 1.54) is 28.0 Å². The van der Waals surface area contributed by atoms with Crippen LogP contribution in [0.15, 0.2) is 24.3 Å². The first-order chi connectivity index (χ1) is 12.7. The zero-order valence-electron chi connectivity index (χ0n) is 15.0. The molecular formula is C18H21F3N4O2. The molecular weight excluding hydrogens is 361 g/mol. The molecule has 0 bridgehead atoms. The lowest BCUT2D eigenvalue weighted by atomic mass is 10.1. The topological polar surface area (TPSA) is 67.7 Å². The highest BCUT2D eigenvalue weighted by Crippen LogP contribution is 2.32. The maximum atomic E-state index is 13.1. The van der Waals surface area contributed by atoms with Crippen molar-refractivity contribution in [3.8, 4) is 6.07 Å². The van der Waals surface area contributed by atoms with E-state index in [0.717, 1.165) is 6.07 Å². The second kappa shape index (κ2) is 8.86. The molecule has 0 spiro atoms. The molecule has 1 fully saturated rings. The summed E-state index contributed by atoms with van der Waals surface area (Å²) < 4.78 is 39.3. The van der Waals surface area contributed by atoms with Crippen LogP contribution in [0.5, 0.6) is 0 Å². The molecule has 1 aliphatic heterocycles. The third-order valence-corrected chi connectivity index (χ3v) is 4.47. The van der Waals surface area contributed by atoms with Gasteiger partial charge in [-0.3, -0.25) is 14.5 Å². The Morgan fingerprint density at radius 1 is 1.19 bits per heavy atom. The van der Waals surface area contributed by atoms with E-state index in [0.29, 0.717) is 19.6 Å². The molecule has 146 valence electrons. The highest BCUT2D eigenvalue weighted by molar-refractivity contribution is 5.96. The SMILES string of the molecule is CN(CCC#N)C(=O)CN1CCN(C(=O)c2ccccc2C(F)(F)F)CC1. The average Bonchev–Trinajstić information content (AvgIpc) is 2.65. The number of nitrogens with zero attached hydrogens (tertiary/aromatic N) is 4. The van der Waals surface area contributed by atoms with E-state index in [-0.39, 0.29) is 37.5 Å². The van der Waals surface area contributed by atoms with Gasteiger partial charge in [0.25, 0.3) is 5.91 Å². The number of piperazine rings is 1. The largest absolute Gasteiger partial charge is 0.417 e. The van der Waals surface area contributed by atoms with Crippen molar-refractivity contribution in [3.05, 3.63) is 35.4 Å². The van der Waals surface area contributed by atoms with Gasteiger partial charge in [0.2, 0.25) is 5.91 Å². The van der Waals surface area contributed by atoms with Gasteiger partial charge in [0.05, 0.1) is 30.2 Å². The molecule has 0 saturated carbocycles. The summed E-state index contributed by atoms with van der Waals surface area (Å²) >= 11 is 0. The van der Waals surface area contributed by atoms with Crippen LogP contribution in [0.4, 0.5) is 13.2 Å². The van der Waals surface area contributed by atoms with Crippen molar-refractivity contribution >= 4 is 11.8 Å². The smallest absolute Gasteiger partial charge is 0.344 e. The molecule has 1 saturated heterocycles. The first-order valence-corrected chi connectivity index (χ1v) is 8.53. The maximum absolute atomic E-state index is 13.1. The van der Waals surface area contributed by atoms with Crippen molar-refractivity contribution in [2.24, 2.45) is 0 Å². The third kappa shape index (κ3) is 5.44. The Bertz CT molecular complexity index is 722. The van der Waals surface area contributed by atoms with Crippen LogP contribution in [-0.4, -0.2) is 72.8 Å². The van der Waals surface area contributed by atoms with E-state index in [1.807, 2.05) is 11.0 Å². The van der Waals surface area contributed by atoms with Gasteiger partial charge < -0.3 is 9.80 Å². The molecule has 1 aromatic rings. The Labute approximate surface area is 155 Å². The van der Waals surface area contributed by atoms with Crippen LogP contribution in [0.3, 0.4) is 0 Å². The number of amides is 2. The van der Waals surface area contributed by atoms with E-state index >= 15 is 0 Å². The molecule has 1 aromatic carbocycles. The number of nitriles is 1. The van der Waals surface area contributed by atoms with Crippen LogP contribution in [-0.2, 0) is 11.0 Å². The van der Waals surface area contributed by atoms with E-state index in [4.69, 9.17) is 5.26 Å². The van der Waals surface area contributed by atoms with Gasteiger partial charge in [0.1, 0.15) is 0 Å². The van der Waals surface area contributed by atoms with Gasteiger partial charge in [-0.05, 0) is 12.1 Å². The lowest BCUT2D eigenvalue weighted by Crippen LogP contribution is -2.51. The minimum absolute atomic E-state index is 0.132. The second-order valence-electron chi connectivity index (χ2n) is 6.34. The Kier molecular flexibility index (Phi) is 6.80. The fourth-order valence-corrected chi connectivity index (χ4v) is 2.85. The maximum Gasteiger partial charge on any atom is 0.417 e. The summed E-state index contributed by atoms with van der Waals surface area (Å²) in [6.07, 6.45) is -4.34. The molecule has 0 radical (unpaired) electrons. The Hall–Kier alpha value is -2.60. The van der Waals surface area contributed by atoms with Crippen molar-refractivity contribution in [3.63, 3.8) is 0 Å². The molecule has 6 nitrogen and oxygen atoms in total. The Morgan fingerprint density at radius 2 is 1.81 bits per heavy atom. The van der Waals surface area contributed by atoms with Gasteiger partial charge in [-0.15, -0.1) is 0 Å². The summed E-state index contributed by atoms with van der Waals surface area (Å²) in [5.41, 5.74) is -1.29. The molecule has 0 aliphatic carbocycles. The number of benzene rings is 1. The van der Waals surface area contributed by atoms with Crippen molar-refractivity contribution < 1.29 is 22.8 Å². The van der Waals surface area contributed by atoms with Crippen LogP contribution >= 0.6 is 0 Å². The average molecular weight is 382 g/mol. The van der Waals surface area contributed by atoms with Gasteiger partial charge in [-0.25, -0.2) is 0 Å². The number of alkyl halides is 3. The predicted octanol–water partition coefficient (Wildman–Crippen LogP) is 1.84. The van der Waals surface area contributed by atoms with Crippen LogP contribution in [0, 0.1) is 11.3 Å². The van der Waals surface area contributed by atoms with Crippen molar-refractivity contribution in [1.29, 1.82) is 5.26 Å². The van der Waals surface area contributed by atoms with Crippen molar-refractivity contribution in [2.75, 3.05) is 46.3 Å². The third-order valence-electron chi connectivity index (χ3n) is 4.47. The van der Waals surface area contributed by atoms with E-state index in [9.17, 15) is 22.8 Å². The van der Waals surface area contributed by atoms with Crippen LogP contribution in [0.1, 0.15) is 22.3 Å². The quantitative estimate of drug-likeness (QED) is 0.779. The van der Waals surface area contributed by atoms with Crippen molar-refractivity contribution in [2.45, 2.75) is 12.6 Å². The fourth-order valence-electron chi connectivity index (χ4n) is 2.85. The molecule has 0 N–H and O–H groups in total. The number of likely N-dealkylation sites (N-methyl/N-ethyl adjacent to an activating group) is 1. The lowest BCUT2D eigenvalue weighted by molar-refractivity contribution is -0.138. The van der Waals surface area contributed by atoms with Crippen molar-refractivity contribution in [1.82, 2.24) is 14.7 Å². The van der Waals surface area contributed by atoms with Gasteiger partial charge in [-0.1, -0.05) is 12.1 Å². The van der Waals surface area contributed by atoms with Gasteiger partial charge in [-0.2, -0.15) is 18.4 Å². The number of rotatable bonds is 5. The van der Waals surface area contributed by atoms with Crippen LogP contribution in [0.2, 0.25) is 0 Å². The normalized spacial score (nSPS) is 15.3. The molecule has 0 atom stereocenters. The minimum Gasteiger partial charge on any atom is -0.344 e. The van der Waals surface area contributed by atoms with Crippen LogP contribution in [0.25, 0.3) is 0 Å². The highest BCUT2D eigenvalue weighted by Gasteiger charge is 2.36. The summed E-state index contributed by atoms with van der Waals surface area (Å²) in [5, 5.41) is 8.56. The second-order valence-corrected chi connectivity index (χ2v) is 6.34. The summed E-state index contributed by atoms with van der Waals surface area (Å²) in [5.74, 6) is -0.785.